The first kappa shape index (κ1) is 16.5. The van der Waals surface area contributed by atoms with Crippen LogP contribution in [0.3, 0.4) is 0 Å². The highest BCUT2D eigenvalue weighted by Crippen LogP contribution is 2.17. The number of carbonyl (C=O) groups is 1. The molecule has 0 radical (unpaired) electrons. The molecule has 1 rings (SSSR count). The van der Waals surface area contributed by atoms with Gasteiger partial charge >= 0.3 is 0 Å². The highest BCUT2D eigenvalue weighted by atomic mass is 16.5. The molecule has 5 nitrogen and oxygen atoms in total. The van der Waals surface area contributed by atoms with Crippen molar-refractivity contribution < 1.29 is 9.53 Å². The van der Waals surface area contributed by atoms with Crippen molar-refractivity contribution in [2.45, 2.75) is 33.7 Å². The van der Waals surface area contributed by atoms with E-state index in [1.54, 1.807) is 6.07 Å². The third kappa shape index (κ3) is 4.51. The van der Waals surface area contributed by atoms with Gasteiger partial charge in [0, 0.05) is 6.61 Å². The fourth-order valence-electron chi connectivity index (χ4n) is 1.86. The number of nitrogens with one attached hydrogen (secondary N) is 2. The molecule has 1 amide bonds. The Labute approximate surface area is 120 Å². The lowest BCUT2D eigenvalue weighted by atomic mass is 10.0. The number of hydrogen-bond acceptors (Lipinski definition) is 4. The van der Waals surface area contributed by atoms with Gasteiger partial charge in [0.2, 0.25) is 0 Å². The molecule has 0 aromatic heterocycles. The van der Waals surface area contributed by atoms with Crippen LogP contribution in [0.2, 0.25) is 0 Å². The number of hydrazine groups is 1. The molecule has 0 aliphatic heterocycles. The van der Waals surface area contributed by atoms with Crippen LogP contribution in [0.5, 0.6) is 0 Å². The molecule has 0 saturated carbocycles. The van der Waals surface area contributed by atoms with Gasteiger partial charge in [-0.3, -0.25) is 10.6 Å². The molecule has 0 aliphatic rings. The summed E-state index contributed by atoms with van der Waals surface area (Å²) in [4.78, 5) is 12.4. The Bertz CT molecular complexity index is 447. The van der Waals surface area contributed by atoms with Crippen molar-refractivity contribution in [3.63, 3.8) is 0 Å². The van der Waals surface area contributed by atoms with E-state index in [0.29, 0.717) is 30.4 Å². The first-order valence-corrected chi connectivity index (χ1v) is 6.95. The topological polar surface area (TPSA) is 76.4 Å². The summed E-state index contributed by atoms with van der Waals surface area (Å²) in [6.07, 6.45) is 0. The van der Waals surface area contributed by atoms with Gasteiger partial charge in [-0.1, -0.05) is 25.5 Å². The number of carbonyl (C=O) groups excluding carboxylic acids is 1. The van der Waals surface area contributed by atoms with E-state index in [4.69, 9.17) is 10.6 Å². The van der Waals surface area contributed by atoms with Gasteiger partial charge in [-0.25, -0.2) is 0 Å². The molecule has 1 unspecified atom stereocenters. The molecule has 1 aromatic rings. The second-order valence-corrected chi connectivity index (χ2v) is 5.18. The number of amides is 1. The van der Waals surface area contributed by atoms with Crippen molar-refractivity contribution in [1.29, 1.82) is 0 Å². The van der Waals surface area contributed by atoms with Crippen LogP contribution in [0.15, 0.2) is 18.2 Å². The average Bonchev–Trinajstić information content (AvgIpc) is 2.42. The quantitative estimate of drug-likeness (QED) is 0.527. The molecule has 0 aliphatic carbocycles. The SMILES string of the molecule is CCOCC(NC(=O)c1cc(C)ccc1NN)C(C)C. The molecule has 0 heterocycles. The number of rotatable bonds is 7. The monoisotopic (exact) mass is 279 g/mol. The summed E-state index contributed by atoms with van der Waals surface area (Å²) in [5.74, 6) is 5.61. The Morgan fingerprint density at radius 2 is 2.10 bits per heavy atom. The second kappa shape index (κ2) is 7.87. The van der Waals surface area contributed by atoms with Gasteiger partial charge in [0.1, 0.15) is 0 Å². The highest BCUT2D eigenvalue weighted by molar-refractivity contribution is 5.99. The zero-order valence-electron chi connectivity index (χ0n) is 12.7. The lowest BCUT2D eigenvalue weighted by molar-refractivity contribution is 0.0807. The molecule has 0 saturated heterocycles. The molecule has 0 spiro atoms. The molecular formula is C15H25N3O2. The Balaban J connectivity index is 2.85. The van der Waals surface area contributed by atoms with Crippen LogP contribution in [-0.4, -0.2) is 25.2 Å². The molecule has 4 N–H and O–H groups in total. The van der Waals surface area contributed by atoms with Crippen molar-refractivity contribution in [3.8, 4) is 0 Å². The van der Waals surface area contributed by atoms with Crippen molar-refractivity contribution in [3.05, 3.63) is 29.3 Å². The Morgan fingerprint density at radius 3 is 2.65 bits per heavy atom. The third-order valence-corrected chi connectivity index (χ3v) is 3.20. The number of nitrogen functional groups attached to an aromatic ring is 1. The molecule has 1 atom stereocenters. The van der Waals surface area contributed by atoms with Gasteiger partial charge in [0.25, 0.3) is 5.91 Å². The first-order chi connectivity index (χ1) is 9.49. The number of benzene rings is 1. The molecule has 1 aromatic carbocycles. The van der Waals surface area contributed by atoms with Gasteiger partial charge in [-0.05, 0) is 31.9 Å². The smallest absolute Gasteiger partial charge is 0.253 e. The van der Waals surface area contributed by atoms with Crippen LogP contribution in [0, 0.1) is 12.8 Å². The van der Waals surface area contributed by atoms with Crippen molar-refractivity contribution in [1.82, 2.24) is 5.32 Å². The molecule has 5 heteroatoms. The van der Waals surface area contributed by atoms with E-state index in [-0.39, 0.29) is 11.9 Å². The van der Waals surface area contributed by atoms with E-state index in [0.717, 1.165) is 5.56 Å². The van der Waals surface area contributed by atoms with E-state index in [1.807, 2.05) is 26.0 Å². The average molecular weight is 279 g/mol. The summed E-state index contributed by atoms with van der Waals surface area (Å²) in [7, 11) is 0. The lowest BCUT2D eigenvalue weighted by Crippen LogP contribution is -2.42. The maximum atomic E-state index is 12.4. The Morgan fingerprint density at radius 1 is 1.40 bits per heavy atom. The molecule has 0 fully saturated rings. The maximum absolute atomic E-state index is 12.4. The Hall–Kier alpha value is -1.59. The number of hydrogen-bond donors (Lipinski definition) is 3. The number of aryl methyl sites for hydroxylation is 1. The predicted octanol–water partition coefficient (Wildman–Crippen LogP) is 2.07. The van der Waals surface area contributed by atoms with Gasteiger partial charge in [0.15, 0.2) is 0 Å². The molecule has 20 heavy (non-hydrogen) atoms. The maximum Gasteiger partial charge on any atom is 0.253 e. The largest absolute Gasteiger partial charge is 0.380 e. The van der Waals surface area contributed by atoms with Gasteiger partial charge in [-0.2, -0.15) is 0 Å². The predicted molar refractivity (Wildman–Crippen MR) is 81.6 cm³/mol. The van der Waals surface area contributed by atoms with Gasteiger partial charge < -0.3 is 15.5 Å². The van der Waals surface area contributed by atoms with Gasteiger partial charge in [0.05, 0.1) is 23.9 Å². The normalized spacial score (nSPS) is 12.3. The number of ether oxygens (including phenoxy) is 1. The minimum absolute atomic E-state index is 0.0198. The fraction of sp³-hybridized carbons (Fsp3) is 0.533. The minimum Gasteiger partial charge on any atom is -0.380 e. The molecule has 0 bridgehead atoms. The van der Waals surface area contributed by atoms with E-state index >= 15 is 0 Å². The zero-order chi connectivity index (χ0) is 15.1. The molecular weight excluding hydrogens is 254 g/mol. The third-order valence-electron chi connectivity index (χ3n) is 3.20. The summed E-state index contributed by atoms with van der Waals surface area (Å²) < 4.78 is 5.42. The summed E-state index contributed by atoms with van der Waals surface area (Å²) in [6.45, 7) is 9.15. The van der Waals surface area contributed by atoms with Crippen molar-refractivity contribution in [2.75, 3.05) is 18.6 Å². The second-order valence-electron chi connectivity index (χ2n) is 5.18. The summed E-state index contributed by atoms with van der Waals surface area (Å²) in [5.41, 5.74) is 4.74. The van der Waals surface area contributed by atoms with E-state index < -0.39 is 0 Å². The van der Waals surface area contributed by atoms with Crippen LogP contribution in [0.1, 0.15) is 36.7 Å². The highest BCUT2D eigenvalue weighted by Gasteiger charge is 2.19. The zero-order valence-corrected chi connectivity index (χ0v) is 12.7. The van der Waals surface area contributed by atoms with Crippen molar-refractivity contribution in [2.24, 2.45) is 11.8 Å². The first-order valence-electron chi connectivity index (χ1n) is 6.95. The fourth-order valence-corrected chi connectivity index (χ4v) is 1.86. The minimum atomic E-state index is -0.139. The van der Waals surface area contributed by atoms with E-state index in [1.165, 1.54) is 0 Å². The van der Waals surface area contributed by atoms with E-state index in [9.17, 15) is 4.79 Å². The standard InChI is InChI=1S/C15H25N3O2/c1-5-20-9-14(10(2)3)17-15(19)12-8-11(4)6-7-13(12)18-16/h6-8,10,14,18H,5,9,16H2,1-4H3,(H,17,19). The van der Waals surface area contributed by atoms with Gasteiger partial charge in [-0.15, -0.1) is 0 Å². The summed E-state index contributed by atoms with van der Waals surface area (Å²) >= 11 is 0. The van der Waals surface area contributed by atoms with Crippen LogP contribution in [0.25, 0.3) is 0 Å². The van der Waals surface area contributed by atoms with Crippen LogP contribution < -0.4 is 16.6 Å². The van der Waals surface area contributed by atoms with Crippen LogP contribution in [-0.2, 0) is 4.74 Å². The Kier molecular flexibility index (Phi) is 6.48. The van der Waals surface area contributed by atoms with Crippen LogP contribution in [0.4, 0.5) is 5.69 Å². The number of nitrogens with two attached hydrogens (primary N) is 1. The summed E-state index contributed by atoms with van der Waals surface area (Å²) in [6, 6.07) is 5.51. The number of anilines is 1. The van der Waals surface area contributed by atoms with E-state index in [2.05, 4.69) is 24.6 Å². The lowest BCUT2D eigenvalue weighted by Gasteiger charge is -2.23. The molecule has 112 valence electrons. The van der Waals surface area contributed by atoms with Crippen LogP contribution >= 0.6 is 0 Å². The van der Waals surface area contributed by atoms with Crippen molar-refractivity contribution >= 4 is 11.6 Å². The summed E-state index contributed by atoms with van der Waals surface area (Å²) in [5, 5.41) is 3.01.